The zero-order chi connectivity index (χ0) is 19.0. The molecule has 0 fully saturated rings. The van der Waals surface area contributed by atoms with Crippen LogP contribution < -0.4 is 0 Å². The standard InChI is InChI=1S/C19H21FN4O2/c1-11(2)17(19(26)23(3)8-4-7-21)24-10-13-14(20)9-22-15-6-5-12(16(13)15)18(24)25/h5,9,11,17H,4,6,8,10H2,1-3H3/t17-/m1/s1. The molecule has 0 radical (unpaired) electrons. The number of carbonyl (C=O) groups is 2. The quantitative estimate of drug-likeness (QED) is 0.807. The average molecular weight is 356 g/mol. The minimum Gasteiger partial charge on any atom is -0.343 e. The molecule has 136 valence electrons. The van der Waals surface area contributed by atoms with E-state index in [-0.39, 0.29) is 30.7 Å². The smallest absolute Gasteiger partial charge is 0.255 e. The Morgan fingerprint density at radius 1 is 1.50 bits per heavy atom. The zero-order valence-corrected chi connectivity index (χ0v) is 15.1. The third-order valence-corrected chi connectivity index (χ3v) is 4.96. The molecule has 26 heavy (non-hydrogen) atoms. The lowest BCUT2D eigenvalue weighted by molar-refractivity contribution is -0.145. The summed E-state index contributed by atoms with van der Waals surface area (Å²) in [6.07, 6.45) is 3.67. The van der Waals surface area contributed by atoms with Crippen LogP contribution in [0.25, 0.3) is 5.57 Å². The van der Waals surface area contributed by atoms with Gasteiger partial charge in [0.05, 0.1) is 30.9 Å². The topological polar surface area (TPSA) is 77.3 Å². The number of nitriles is 1. The van der Waals surface area contributed by atoms with Gasteiger partial charge < -0.3 is 9.80 Å². The summed E-state index contributed by atoms with van der Waals surface area (Å²) >= 11 is 0. The van der Waals surface area contributed by atoms with Crippen LogP contribution in [0.5, 0.6) is 0 Å². The third kappa shape index (κ3) is 2.85. The Balaban J connectivity index is 1.97. The number of nitrogens with zero attached hydrogens (tertiary/aromatic N) is 4. The van der Waals surface area contributed by atoms with E-state index in [1.54, 1.807) is 13.1 Å². The first-order chi connectivity index (χ1) is 12.4. The maximum Gasteiger partial charge on any atom is 0.255 e. The van der Waals surface area contributed by atoms with Crippen molar-refractivity contribution in [3.05, 3.63) is 34.9 Å². The number of likely N-dealkylation sites (N-methyl/N-ethyl adjacent to an activating group) is 1. The van der Waals surface area contributed by atoms with Crippen LogP contribution in [0.1, 0.15) is 37.1 Å². The summed E-state index contributed by atoms with van der Waals surface area (Å²) in [5.41, 5.74) is 2.17. The van der Waals surface area contributed by atoms with Crippen LogP contribution in [0, 0.1) is 23.1 Å². The van der Waals surface area contributed by atoms with Crippen molar-refractivity contribution in [2.24, 2.45) is 5.92 Å². The van der Waals surface area contributed by atoms with E-state index >= 15 is 0 Å². The first kappa shape index (κ1) is 18.1. The molecule has 3 rings (SSSR count). The van der Waals surface area contributed by atoms with Crippen molar-refractivity contribution in [2.75, 3.05) is 13.6 Å². The van der Waals surface area contributed by atoms with Gasteiger partial charge in [-0.2, -0.15) is 5.26 Å². The molecule has 0 aromatic carbocycles. The molecule has 0 unspecified atom stereocenters. The molecule has 0 saturated carbocycles. The molecule has 1 aliphatic heterocycles. The number of carbonyl (C=O) groups excluding carboxylic acids is 2. The summed E-state index contributed by atoms with van der Waals surface area (Å²) in [5, 5.41) is 8.74. The van der Waals surface area contributed by atoms with E-state index in [4.69, 9.17) is 5.26 Å². The molecule has 1 atom stereocenters. The maximum absolute atomic E-state index is 14.4. The Labute approximate surface area is 151 Å². The van der Waals surface area contributed by atoms with Crippen LogP contribution in [-0.4, -0.2) is 46.2 Å². The molecule has 0 N–H and O–H groups in total. The number of pyridine rings is 1. The number of allylic oxidation sites excluding steroid dienone is 1. The Hall–Kier alpha value is -2.75. The molecular formula is C19H21FN4O2. The lowest BCUT2D eigenvalue weighted by atomic mass is 9.92. The molecule has 0 bridgehead atoms. The number of hydrogen-bond donors (Lipinski definition) is 0. The van der Waals surface area contributed by atoms with Crippen LogP contribution in [0.2, 0.25) is 0 Å². The van der Waals surface area contributed by atoms with Crippen LogP contribution in [-0.2, 0) is 22.6 Å². The van der Waals surface area contributed by atoms with E-state index in [9.17, 15) is 14.0 Å². The fraction of sp³-hybridized carbons (Fsp3) is 0.474. The van der Waals surface area contributed by atoms with Gasteiger partial charge in [-0.1, -0.05) is 19.9 Å². The lowest BCUT2D eigenvalue weighted by Gasteiger charge is -2.39. The summed E-state index contributed by atoms with van der Waals surface area (Å²) in [7, 11) is 1.62. The Morgan fingerprint density at radius 2 is 2.23 bits per heavy atom. The number of rotatable bonds is 5. The number of amides is 2. The largest absolute Gasteiger partial charge is 0.343 e. The Bertz CT molecular complexity index is 841. The highest BCUT2D eigenvalue weighted by atomic mass is 19.1. The van der Waals surface area contributed by atoms with Gasteiger partial charge in [0.2, 0.25) is 5.91 Å². The van der Waals surface area contributed by atoms with Gasteiger partial charge in [-0.05, 0) is 5.92 Å². The van der Waals surface area contributed by atoms with Crippen LogP contribution >= 0.6 is 0 Å². The van der Waals surface area contributed by atoms with Crippen molar-refractivity contribution < 1.29 is 14.0 Å². The van der Waals surface area contributed by atoms with Crippen molar-refractivity contribution in [1.82, 2.24) is 14.8 Å². The predicted molar refractivity (Wildman–Crippen MR) is 92.9 cm³/mol. The van der Waals surface area contributed by atoms with Gasteiger partial charge in [0, 0.05) is 36.7 Å². The summed E-state index contributed by atoms with van der Waals surface area (Å²) in [6, 6.07) is 1.30. The Morgan fingerprint density at radius 3 is 2.88 bits per heavy atom. The van der Waals surface area contributed by atoms with Gasteiger partial charge in [0.25, 0.3) is 5.91 Å². The third-order valence-electron chi connectivity index (χ3n) is 4.96. The van der Waals surface area contributed by atoms with E-state index < -0.39 is 11.9 Å². The van der Waals surface area contributed by atoms with Gasteiger partial charge in [-0.15, -0.1) is 0 Å². The molecule has 1 aromatic heterocycles. The van der Waals surface area contributed by atoms with Crippen LogP contribution in [0.15, 0.2) is 12.3 Å². The number of hydrogen-bond acceptors (Lipinski definition) is 4. The average Bonchev–Trinajstić information content (AvgIpc) is 3.04. The predicted octanol–water partition coefficient (Wildman–Crippen LogP) is 1.90. The molecule has 7 heteroatoms. The highest BCUT2D eigenvalue weighted by molar-refractivity contribution is 6.23. The maximum atomic E-state index is 14.4. The molecule has 0 spiro atoms. The highest BCUT2D eigenvalue weighted by Crippen LogP contribution is 2.38. The summed E-state index contributed by atoms with van der Waals surface area (Å²) in [5.74, 6) is -1.10. The molecule has 1 aromatic rings. The first-order valence-electron chi connectivity index (χ1n) is 8.66. The fourth-order valence-electron chi connectivity index (χ4n) is 3.65. The van der Waals surface area contributed by atoms with Gasteiger partial charge in [-0.25, -0.2) is 4.39 Å². The highest BCUT2D eigenvalue weighted by Gasteiger charge is 2.41. The van der Waals surface area contributed by atoms with Crippen LogP contribution in [0.4, 0.5) is 4.39 Å². The minimum absolute atomic E-state index is 0.0491. The molecule has 2 amide bonds. The number of halogens is 1. The van der Waals surface area contributed by atoms with E-state index in [0.717, 1.165) is 0 Å². The minimum atomic E-state index is -0.711. The zero-order valence-electron chi connectivity index (χ0n) is 15.1. The molecular weight excluding hydrogens is 335 g/mol. The van der Waals surface area contributed by atoms with Gasteiger partial charge in [-0.3, -0.25) is 14.6 Å². The lowest BCUT2D eigenvalue weighted by Crippen LogP contribution is -2.53. The van der Waals surface area contributed by atoms with Crippen molar-refractivity contribution in [2.45, 2.75) is 39.3 Å². The van der Waals surface area contributed by atoms with Gasteiger partial charge >= 0.3 is 0 Å². The van der Waals surface area contributed by atoms with Crippen molar-refractivity contribution in [1.29, 1.82) is 5.26 Å². The monoisotopic (exact) mass is 356 g/mol. The summed E-state index contributed by atoms with van der Waals surface area (Å²) in [4.78, 5) is 33.0. The van der Waals surface area contributed by atoms with E-state index in [2.05, 4.69) is 4.98 Å². The van der Waals surface area contributed by atoms with Gasteiger partial charge in [0.15, 0.2) is 0 Å². The molecule has 2 aliphatic rings. The second kappa shape index (κ2) is 6.87. The molecule has 1 aliphatic carbocycles. The van der Waals surface area contributed by atoms with E-state index in [1.165, 1.54) is 16.0 Å². The second-order valence-corrected chi connectivity index (χ2v) is 7.02. The SMILES string of the molecule is CC(C)[C@H](C(=O)N(C)CCC#N)N1Cc2c(F)cnc3c2C(=CC3)C1=O. The van der Waals surface area contributed by atoms with E-state index in [1.807, 2.05) is 19.9 Å². The summed E-state index contributed by atoms with van der Waals surface area (Å²) in [6.45, 7) is 4.07. The van der Waals surface area contributed by atoms with Crippen molar-refractivity contribution in [3.63, 3.8) is 0 Å². The second-order valence-electron chi connectivity index (χ2n) is 7.02. The number of aromatic nitrogens is 1. The van der Waals surface area contributed by atoms with E-state index in [0.29, 0.717) is 35.4 Å². The molecule has 6 nitrogen and oxygen atoms in total. The normalized spacial score (nSPS) is 16.2. The van der Waals surface area contributed by atoms with Gasteiger partial charge in [0.1, 0.15) is 11.9 Å². The first-order valence-corrected chi connectivity index (χ1v) is 8.66. The van der Waals surface area contributed by atoms with Crippen molar-refractivity contribution in [3.8, 4) is 6.07 Å². The van der Waals surface area contributed by atoms with Crippen LogP contribution in [0.3, 0.4) is 0 Å². The summed E-state index contributed by atoms with van der Waals surface area (Å²) < 4.78 is 14.4. The Kier molecular flexibility index (Phi) is 4.77. The molecule has 2 heterocycles. The fourth-order valence-corrected chi connectivity index (χ4v) is 3.65. The van der Waals surface area contributed by atoms with Crippen molar-refractivity contribution >= 4 is 17.4 Å². The molecule has 0 saturated heterocycles.